The lowest BCUT2D eigenvalue weighted by Gasteiger charge is -2.26. The summed E-state index contributed by atoms with van der Waals surface area (Å²) in [6.07, 6.45) is 6.49. The van der Waals surface area contributed by atoms with E-state index < -0.39 is 0 Å². The second-order valence-electron chi connectivity index (χ2n) is 17.2. The lowest BCUT2D eigenvalue weighted by molar-refractivity contribution is 0.0398. The van der Waals surface area contributed by atoms with Crippen molar-refractivity contribution in [3.63, 3.8) is 0 Å². The zero-order valence-electron chi connectivity index (χ0n) is 38.3. The molecule has 0 bridgehead atoms. The number of anilines is 5. The van der Waals surface area contributed by atoms with Crippen molar-refractivity contribution in [3.8, 4) is 23.7 Å². The van der Waals surface area contributed by atoms with Gasteiger partial charge in [-0.3, -0.25) is 14.7 Å². The molecule has 3 N–H and O–H groups in total. The molecule has 18 heteroatoms. The number of carbonyl (C=O) groups is 2. The Bertz CT molecular complexity index is 2700. The molecule has 342 valence electrons. The molecule has 2 aromatic carbocycles. The molecule has 6 aromatic rings. The van der Waals surface area contributed by atoms with E-state index in [1.165, 1.54) is 9.80 Å². The van der Waals surface area contributed by atoms with E-state index in [-0.39, 0.29) is 28.2 Å². The second-order valence-corrected chi connectivity index (χ2v) is 17.5. The van der Waals surface area contributed by atoms with Crippen molar-refractivity contribution in [2.24, 2.45) is 0 Å². The SMILES string of the molecule is CN(C(=O)Nc1cccc(C#Cc2cnc(Cl)nc2)c1)c1cc(C(C)(C)C)on1.CN(C(=O)Nc1cccc(C#Cc2cnc(NCCN3CCOCC3)nc2)c1)c1cc(C(C)(C)C)on1. The lowest BCUT2D eigenvalue weighted by Crippen LogP contribution is -2.39. The highest BCUT2D eigenvalue weighted by atomic mass is 35.5. The summed E-state index contributed by atoms with van der Waals surface area (Å²) in [4.78, 5) is 46.9. The first-order chi connectivity index (χ1) is 31.5. The number of ether oxygens (including phenoxy) is 1. The van der Waals surface area contributed by atoms with Gasteiger partial charge in [0.1, 0.15) is 11.5 Å². The average Bonchev–Trinajstić information content (AvgIpc) is 4.02. The molecule has 1 saturated heterocycles. The smallest absolute Gasteiger partial charge is 0.327 e. The van der Waals surface area contributed by atoms with Crippen LogP contribution in [0.4, 0.5) is 38.5 Å². The fourth-order valence-corrected chi connectivity index (χ4v) is 5.92. The Morgan fingerprint density at radius 3 is 1.55 bits per heavy atom. The third-order valence-electron chi connectivity index (χ3n) is 9.79. The molecule has 66 heavy (non-hydrogen) atoms. The molecule has 4 amide bonds. The van der Waals surface area contributed by atoms with Crippen molar-refractivity contribution in [3.05, 3.63) is 125 Å². The van der Waals surface area contributed by atoms with E-state index >= 15 is 0 Å². The third-order valence-corrected chi connectivity index (χ3v) is 9.98. The molecule has 0 radical (unpaired) electrons. The van der Waals surface area contributed by atoms with Gasteiger partial charge in [0.05, 0.1) is 24.3 Å². The summed E-state index contributed by atoms with van der Waals surface area (Å²) < 4.78 is 16.1. The Hall–Kier alpha value is -7.31. The topological polar surface area (TPSA) is 193 Å². The first-order valence-corrected chi connectivity index (χ1v) is 21.5. The van der Waals surface area contributed by atoms with Crippen molar-refractivity contribution in [2.45, 2.75) is 52.4 Å². The number of aromatic nitrogens is 6. The Morgan fingerprint density at radius 1 is 0.667 bits per heavy atom. The van der Waals surface area contributed by atoms with Gasteiger partial charge in [-0.1, -0.05) is 87.7 Å². The van der Waals surface area contributed by atoms with Gasteiger partial charge in [-0.25, -0.2) is 29.5 Å². The van der Waals surface area contributed by atoms with Crippen molar-refractivity contribution in [1.29, 1.82) is 0 Å². The minimum absolute atomic E-state index is 0.172. The molecule has 1 fully saturated rings. The maximum absolute atomic E-state index is 12.7. The highest BCUT2D eigenvalue weighted by Crippen LogP contribution is 2.27. The summed E-state index contributed by atoms with van der Waals surface area (Å²) in [6, 6.07) is 17.4. The summed E-state index contributed by atoms with van der Waals surface area (Å²) in [5, 5.41) is 17.1. The summed E-state index contributed by atoms with van der Waals surface area (Å²) in [6.45, 7) is 17.3. The molecular weight excluding hydrogens is 860 g/mol. The minimum atomic E-state index is -0.338. The molecule has 0 saturated carbocycles. The van der Waals surface area contributed by atoms with Gasteiger partial charge in [-0.15, -0.1) is 0 Å². The number of nitrogens with one attached hydrogen (secondary N) is 3. The quantitative estimate of drug-likeness (QED) is 0.0982. The van der Waals surface area contributed by atoms with Gasteiger partial charge in [0, 0.05) is 111 Å². The number of halogens is 1. The van der Waals surface area contributed by atoms with Gasteiger partial charge in [-0.2, -0.15) is 0 Å². The molecule has 0 atom stereocenters. The zero-order chi connectivity index (χ0) is 47.3. The summed E-state index contributed by atoms with van der Waals surface area (Å²) >= 11 is 5.67. The molecule has 17 nitrogen and oxygen atoms in total. The van der Waals surface area contributed by atoms with E-state index in [9.17, 15) is 9.59 Å². The predicted molar refractivity (Wildman–Crippen MR) is 255 cm³/mol. The van der Waals surface area contributed by atoms with Crippen LogP contribution in [-0.4, -0.2) is 101 Å². The maximum Gasteiger partial charge on any atom is 0.327 e. The minimum Gasteiger partial charge on any atom is -0.379 e. The zero-order valence-corrected chi connectivity index (χ0v) is 39.0. The van der Waals surface area contributed by atoms with Gasteiger partial charge >= 0.3 is 12.1 Å². The Labute approximate surface area is 389 Å². The fourth-order valence-electron chi connectivity index (χ4n) is 5.83. The number of urea groups is 2. The molecule has 0 aliphatic carbocycles. The molecule has 4 aromatic heterocycles. The number of benzene rings is 2. The van der Waals surface area contributed by atoms with Crippen LogP contribution in [0, 0.1) is 23.7 Å². The molecule has 1 aliphatic heterocycles. The number of hydrogen-bond acceptors (Lipinski definition) is 13. The number of nitrogens with zero attached hydrogens (tertiary/aromatic N) is 9. The maximum atomic E-state index is 12.7. The van der Waals surface area contributed by atoms with Crippen LogP contribution in [0.1, 0.15) is 75.3 Å². The normalized spacial score (nSPS) is 12.6. The number of morpholine rings is 1. The van der Waals surface area contributed by atoms with Crippen LogP contribution in [0.2, 0.25) is 5.28 Å². The molecule has 5 heterocycles. The summed E-state index contributed by atoms with van der Waals surface area (Å²) in [5.74, 6) is 15.0. The van der Waals surface area contributed by atoms with E-state index in [0.717, 1.165) is 50.5 Å². The molecule has 0 unspecified atom stereocenters. The largest absolute Gasteiger partial charge is 0.379 e. The number of carbonyl (C=O) groups excluding carboxylic acids is 2. The fraction of sp³-hybridized carbons (Fsp3) is 0.333. The van der Waals surface area contributed by atoms with E-state index in [4.69, 9.17) is 25.4 Å². The molecule has 7 rings (SSSR count). The predicted octanol–water partition coefficient (Wildman–Crippen LogP) is 8.06. The molecule has 1 aliphatic rings. The van der Waals surface area contributed by atoms with E-state index in [1.807, 2.05) is 71.9 Å². The average molecular weight is 913 g/mol. The Kier molecular flexibility index (Phi) is 16.1. The van der Waals surface area contributed by atoms with Crippen LogP contribution >= 0.6 is 11.6 Å². The third kappa shape index (κ3) is 14.3. The summed E-state index contributed by atoms with van der Waals surface area (Å²) in [7, 11) is 3.27. The second kappa shape index (κ2) is 22.1. The lowest BCUT2D eigenvalue weighted by atomic mass is 9.93. The van der Waals surface area contributed by atoms with Gasteiger partial charge in [0.2, 0.25) is 11.2 Å². The van der Waals surface area contributed by atoms with Crippen LogP contribution in [0.25, 0.3) is 0 Å². The van der Waals surface area contributed by atoms with Crippen molar-refractivity contribution >= 4 is 52.6 Å². The van der Waals surface area contributed by atoms with Crippen LogP contribution < -0.4 is 25.8 Å². The number of hydrogen-bond donors (Lipinski definition) is 3. The van der Waals surface area contributed by atoms with Crippen molar-refractivity contribution in [1.82, 2.24) is 35.1 Å². The van der Waals surface area contributed by atoms with Crippen LogP contribution in [0.15, 0.2) is 94.5 Å². The van der Waals surface area contributed by atoms with E-state index in [0.29, 0.717) is 51.6 Å². The highest BCUT2D eigenvalue weighted by Gasteiger charge is 2.24. The highest BCUT2D eigenvalue weighted by molar-refractivity contribution is 6.28. The number of amides is 4. The van der Waals surface area contributed by atoms with Crippen LogP contribution in [-0.2, 0) is 15.6 Å². The van der Waals surface area contributed by atoms with Gasteiger partial charge < -0.3 is 29.7 Å². The first-order valence-electron chi connectivity index (χ1n) is 21.1. The van der Waals surface area contributed by atoms with Crippen molar-refractivity contribution in [2.75, 3.05) is 79.2 Å². The van der Waals surface area contributed by atoms with E-state index in [1.54, 1.807) is 69.2 Å². The summed E-state index contributed by atoms with van der Waals surface area (Å²) in [5.41, 5.74) is 3.68. The van der Waals surface area contributed by atoms with E-state index in [2.05, 4.69) is 74.8 Å². The van der Waals surface area contributed by atoms with Gasteiger partial charge in [0.25, 0.3) is 0 Å². The van der Waals surface area contributed by atoms with Gasteiger partial charge in [0.15, 0.2) is 11.6 Å². The van der Waals surface area contributed by atoms with Crippen molar-refractivity contribution < 1.29 is 23.4 Å². The standard InChI is InChI=1S/C27H33N7O3.C21H20ClN5O2/c1-27(2,3)23-17-24(32-37-23)33(4)26(35)31-22-7-5-6-20(16-22)8-9-21-18-29-25(30-19-21)28-10-11-34-12-14-36-15-13-34;1-21(2,3)17-11-18(26-29-17)27(4)20(28)25-16-7-5-6-14(10-16)8-9-15-12-23-19(22)24-13-15/h5-7,16-19H,10-15H2,1-4H3,(H,31,35)(H,28,29,30);5-7,10-13H,1-4H3,(H,25,28). The first kappa shape index (κ1) is 48.2. The Balaban J connectivity index is 0.000000225. The molecular formula is C48H53ClN12O5. The Morgan fingerprint density at radius 2 is 1.11 bits per heavy atom. The monoisotopic (exact) mass is 912 g/mol. The molecule has 0 spiro atoms. The van der Waals surface area contributed by atoms with Gasteiger partial charge in [-0.05, 0) is 48.0 Å². The number of rotatable bonds is 8. The van der Waals surface area contributed by atoms with Crippen LogP contribution in [0.5, 0.6) is 0 Å². The van der Waals surface area contributed by atoms with Crippen LogP contribution in [0.3, 0.4) is 0 Å².